The number of nitrogens with one attached hydrogen (secondary N) is 1. The number of amides is 1. The van der Waals surface area contributed by atoms with Crippen molar-refractivity contribution in [1.29, 1.82) is 0 Å². The molecule has 1 amide bonds. The highest BCUT2D eigenvalue weighted by Gasteiger charge is 2.39. The van der Waals surface area contributed by atoms with Gasteiger partial charge < -0.3 is 5.32 Å². The number of carbonyl (C=O) groups is 1. The van der Waals surface area contributed by atoms with Gasteiger partial charge in [0.1, 0.15) is 0 Å². The Morgan fingerprint density at radius 2 is 1.61 bits per heavy atom. The first-order valence-corrected chi connectivity index (χ1v) is 12.0. The molecule has 0 saturated heterocycles. The number of rotatable bonds is 5. The van der Waals surface area contributed by atoms with Crippen LogP contribution in [0.3, 0.4) is 0 Å². The smallest absolute Gasteiger partial charge is 0.349 e. The van der Waals surface area contributed by atoms with Crippen molar-refractivity contribution in [1.82, 2.24) is 20.1 Å². The fourth-order valence-corrected chi connectivity index (χ4v) is 4.18. The molecular weight excluding hydrogens is 536 g/mol. The summed E-state index contributed by atoms with van der Waals surface area (Å²) < 4.78 is 43.4. The summed E-state index contributed by atoms with van der Waals surface area (Å²) >= 11 is 18.5. The molecule has 36 heavy (non-hydrogen) atoms. The molecule has 188 valence electrons. The summed E-state index contributed by atoms with van der Waals surface area (Å²) in [5.74, 6) is -0.864. The van der Waals surface area contributed by atoms with Crippen LogP contribution in [0.25, 0.3) is 28.0 Å². The Morgan fingerprint density at radius 1 is 0.972 bits per heavy atom. The minimum absolute atomic E-state index is 0.0133. The average Bonchev–Trinajstić information content (AvgIpc) is 3.16. The zero-order valence-electron chi connectivity index (χ0n) is 19.3. The van der Waals surface area contributed by atoms with Crippen LogP contribution in [0.1, 0.15) is 36.8 Å². The highest BCUT2D eigenvalue weighted by atomic mass is 35.5. The van der Waals surface area contributed by atoms with E-state index >= 15 is 0 Å². The van der Waals surface area contributed by atoms with E-state index in [2.05, 4.69) is 15.4 Å². The van der Waals surface area contributed by atoms with Crippen molar-refractivity contribution >= 4 is 51.7 Å². The minimum atomic E-state index is -4.88. The van der Waals surface area contributed by atoms with E-state index in [0.29, 0.717) is 27.0 Å². The molecule has 4 aromatic rings. The maximum atomic E-state index is 14.0. The Balaban J connectivity index is 2.04. The van der Waals surface area contributed by atoms with Crippen molar-refractivity contribution in [3.63, 3.8) is 0 Å². The number of hydrogen-bond acceptors (Lipinski definition) is 3. The third-order valence-corrected chi connectivity index (χ3v) is 6.58. The quantitative estimate of drug-likeness (QED) is 0.273. The lowest BCUT2D eigenvalue weighted by molar-refractivity contribution is -0.141. The van der Waals surface area contributed by atoms with Gasteiger partial charge in [0.15, 0.2) is 11.3 Å². The zero-order valence-corrected chi connectivity index (χ0v) is 21.6. The van der Waals surface area contributed by atoms with Gasteiger partial charge in [0, 0.05) is 27.0 Å². The van der Waals surface area contributed by atoms with Crippen molar-refractivity contribution in [2.75, 3.05) is 0 Å². The molecule has 0 fully saturated rings. The highest BCUT2D eigenvalue weighted by molar-refractivity contribution is 6.35. The van der Waals surface area contributed by atoms with Gasteiger partial charge in [-0.15, -0.1) is 5.10 Å². The maximum Gasteiger partial charge on any atom is 0.434 e. The van der Waals surface area contributed by atoms with E-state index in [9.17, 15) is 18.0 Å². The van der Waals surface area contributed by atoms with E-state index in [4.69, 9.17) is 34.8 Å². The van der Waals surface area contributed by atoms with Crippen molar-refractivity contribution in [3.05, 3.63) is 74.9 Å². The Labute approximate surface area is 220 Å². The third-order valence-electron chi connectivity index (χ3n) is 5.79. The van der Waals surface area contributed by atoms with Crippen LogP contribution in [-0.4, -0.2) is 26.7 Å². The number of carbonyl (C=O) groups excluding carboxylic acids is 1. The molecule has 11 heteroatoms. The largest absolute Gasteiger partial charge is 0.434 e. The Bertz CT molecular complexity index is 1450. The van der Waals surface area contributed by atoms with Gasteiger partial charge in [0.2, 0.25) is 0 Å². The van der Waals surface area contributed by atoms with Crippen LogP contribution in [-0.2, 0) is 6.18 Å². The van der Waals surface area contributed by atoms with E-state index in [0.717, 1.165) is 0 Å². The summed E-state index contributed by atoms with van der Waals surface area (Å²) in [5, 5.41) is 8.30. The molecule has 0 saturated carbocycles. The molecular formula is C25H20Cl3F3N4O. The Morgan fingerprint density at radius 3 is 2.19 bits per heavy atom. The topological polar surface area (TPSA) is 59.8 Å². The number of benzene rings is 2. The second kappa shape index (κ2) is 9.92. The maximum absolute atomic E-state index is 14.0. The molecule has 2 aromatic carbocycles. The number of pyridine rings is 1. The summed E-state index contributed by atoms with van der Waals surface area (Å²) in [7, 11) is 0. The Hall–Kier alpha value is -2.81. The van der Waals surface area contributed by atoms with Crippen LogP contribution < -0.4 is 5.32 Å². The van der Waals surface area contributed by atoms with E-state index in [-0.39, 0.29) is 28.0 Å². The van der Waals surface area contributed by atoms with Gasteiger partial charge in [0.05, 0.1) is 22.0 Å². The van der Waals surface area contributed by atoms with Crippen LogP contribution in [0.4, 0.5) is 13.2 Å². The van der Waals surface area contributed by atoms with Gasteiger partial charge in [0.25, 0.3) is 5.91 Å². The van der Waals surface area contributed by atoms with Crippen molar-refractivity contribution in [3.8, 4) is 16.9 Å². The molecule has 1 N–H and O–H groups in total. The number of hydrogen-bond donors (Lipinski definition) is 1. The first-order chi connectivity index (χ1) is 16.9. The molecule has 1 unspecified atom stereocenters. The first-order valence-electron chi connectivity index (χ1n) is 10.9. The van der Waals surface area contributed by atoms with E-state index in [1.54, 1.807) is 43.3 Å². The summed E-state index contributed by atoms with van der Waals surface area (Å²) in [5.41, 5.74) is -0.782. The number of alkyl halides is 3. The van der Waals surface area contributed by atoms with Crippen molar-refractivity contribution in [2.45, 2.75) is 33.0 Å². The lowest BCUT2D eigenvalue weighted by Gasteiger charge is -2.19. The number of aromatic nitrogens is 3. The summed E-state index contributed by atoms with van der Waals surface area (Å²) in [4.78, 5) is 16.8. The average molecular weight is 556 g/mol. The van der Waals surface area contributed by atoms with Crippen LogP contribution in [0.5, 0.6) is 0 Å². The molecule has 1 atom stereocenters. The van der Waals surface area contributed by atoms with Gasteiger partial charge in [-0.1, -0.05) is 60.8 Å². The van der Waals surface area contributed by atoms with Gasteiger partial charge in [-0.05, 0) is 49.2 Å². The van der Waals surface area contributed by atoms with Crippen molar-refractivity contribution in [2.24, 2.45) is 5.92 Å². The van der Waals surface area contributed by atoms with Gasteiger partial charge in [-0.2, -0.15) is 13.2 Å². The molecule has 0 bridgehead atoms. The molecule has 2 heterocycles. The molecule has 0 radical (unpaired) electrons. The van der Waals surface area contributed by atoms with Gasteiger partial charge in [-0.25, -0.2) is 9.67 Å². The van der Waals surface area contributed by atoms with Crippen LogP contribution in [0, 0.1) is 5.92 Å². The molecule has 0 spiro atoms. The molecule has 0 aliphatic heterocycles. The summed E-state index contributed by atoms with van der Waals surface area (Å²) in [6, 6.07) is 12.1. The van der Waals surface area contributed by atoms with E-state index in [1.165, 1.54) is 16.8 Å². The predicted molar refractivity (Wildman–Crippen MR) is 136 cm³/mol. The van der Waals surface area contributed by atoms with E-state index < -0.39 is 23.3 Å². The van der Waals surface area contributed by atoms with Crippen molar-refractivity contribution < 1.29 is 18.0 Å². The lowest BCUT2D eigenvalue weighted by atomic mass is 10.0. The lowest BCUT2D eigenvalue weighted by Crippen LogP contribution is -2.37. The van der Waals surface area contributed by atoms with Crippen LogP contribution >= 0.6 is 34.8 Å². The third kappa shape index (κ3) is 5.16. The van der Waals surface area contributed by atoms with Crippen LogP contribution in [0.2, 0.25) is 15.1 Å². The Kier molecular flexibility index (Phi) is 7.23. The fraction of sp³-hybridized carbons (Fsp3) is 0.240. The van der Waals surface area contributed by atoms with Crippen LogP contribution in [0.15, 0.2) is 48.5 Å². The minimum Gasteiger partial charge on any atom is -0.349 e. The SMILES string of the molecule is CC(C)C(C)NC(=O)c1cc2c(-c3ccc(Cl)cc3)n(-c3ccc(Cl)cc3Cl)nc2nc1C(F)(F)F. The monoisotopic (exact) mass is 554 g/mol. The molecule has 0 aliphatic carbocycles. The molecule has 4 rings (SSSR count). The van der Waals surface area contributed by atoms with Gasteiger partial charge in [-0.3, -0.25) is 4.79 Å². The fourth-order valence-electron chi connectivity index (χ4n) is 3.57. The standard InChI is InChI=1S/C25H20Cl3F3N4O/c1-12(2)13(3)32-24(36)18-11-17-21(14-4-6-15(26)7-5-14)35(20-9-8-16(27)10-19(20)28)34-23(17)33-22(18)25(29,30)31/h4-13H,1-3H3,(H,32,36). The normalized spacial score (nSPS) is 12.8. The number of halogens is 6. The number of nitrogens with zero attached hydrogens (tertiary/aromatic N) is 3. The van der Waals surface area contributed by atoms with Gasteiger partial charge >= 0.3 is 6.18 Å². The molecule has 0 aliphatic rings. The predicted octanol–water partition coefficient (Wildman–Crippen LogP) is 7.84. The first kappa shape index (κ1) is 26.3. The second-order valence-electron chi connectivity index (χ2n) is 8.62. The summed E-state index contributed by atoms with van der Waals surface area (Å²) in [6.07, 6.45) is -4.88. The molecule has 2 aromatic heterocycles. The van der Waals surface area contributed by atoms with E-state index in [1.807, 2.05) is 13.8 Å². The zero-order chi connectivity index (χ0) is 26.4. The summed E-state index contributed by atoms with van der Waals surface area (Å²) in [6.45, 7) is 5.44. The second-order valence-corrected chi connectivity index (χ2v) is 9.90. The highest BCUT2D eigenvalue weighted by Crippen LogP contribution is 2.38. The molecule has 5 nitrogen and oxygen atoms in total. The number of fused-ring (bicyclic) bond motifs is 1.